The minimum Gasteiger partial charge on any atom is -0.444 e. The van der Waals surface area contributed by atoms with E-state index in [4.69, 9.17) is 4.74 Å². The molecule has 2 atom stereocenters. The maximum Gasteiger partial charge on any atom is 0.410 e. The van der Waals surface area contributed by atoms with Crippen LogP contribution in [0.3, 0.4) is 0 Å². The number of anilines is 2. The zero-order valence-corrected chi connectivity index (χ0v) is 17.0. The predicted octanol–water partition coefficient (Wildman–Crippen LogP) is 3.81. The summed E-state index contributed by atoms with van der Waals surface area (Å²) in [4.78, 5) is 19.3. The molecule has 0 saturated carbocycles. The fourth-order valence-electron chi connectivity index (χ4n) is 4.42. The van der Waals surface area contributed by atoms with Crippen LogP contribution in [0, 0.1) is 0 Å². The largest absolute Gasteiger partial charge is 0.444 e. The lowest BCUT2D eigenvalue weighted by Crippen LogP contribution is -2.51. The molecule has 3 heterocycles. The van der Waals surface area contributed by atoms with E-state index in [1.807, 2.05) is 25.7 Å². The van der Waals surface area contributed by atoms with E-state index in [2.05, 4.69) is 44.9 Å². The molecule has 136 valence electrons. The van der Waals surface area contributed by atoms with Crippen molar-refractivity contribution in [3.8, 4) is 0 Å². The van der Waals surface area contributed by atoms with Crippen LogP contribution in [0.1, 0.15) is 38.7 Å². The van der Waals surface area contributed by atoms with Gasteiger partial charge in [0.25, 0.3) is 0 Å². The minimum absolute atomic E-state index is 0.187. The highest BCUT2D eigenvalue weighted by molar-refractivity contribution is 9.10. The number of halogens is 1. The van der Waals surface area contributed by atoms with Gasteiger partial charge >= 0.3 is 6.09 Å². The van der Waals surface area contributed by atoms with Gasteiger partial charge in [-0.25, -0.2) is 4.79 Å². The first kappa shape index (κ1) is 17.0. The molecular weight excluding hydrogens is 382 g/mol. The molecule has 1 aromatic rings. The van der Waals surface area contributed by atoms with Crippen LogP contribution in [0.2, 0.25) is 0 Å². The molecule has 0 radical (unpaired) electrons. The fourth-order valence-corrected chi connectivity index (χ4v) is 4.89. The molecule has 1 amide bonds. The number of hydrogen-bond donors (Lipinski definition) is 0. The second-order valence-electron chi connectivity index (χ2n) is 8.37. The molecule has 0 aliphatic carbocycles. The molecule has 3 aliphatic heterocycles. The molecule has 6 heteroatoms. The van der Waals surface area contributed by atoms with Crippen molar-refractivity contribution in [2.45, 2.75) is 44.8 Å². The van der Waals surface area contributed by atoms with Crippen molar-refractivity contribution >= 4 is 33.4 Å². The summed E-state index contributed by atoms with van der Waals surface area (Å²) in [6.45, 7) is 9.38. The molecule has 25 heavy (non-hydrogen) atoms. The van der Waals surface area contributed by atoms with Gasteiger partial charge in [0.1, 0.15) is 5.60 Å². The van der Waals surface area contributed by atoms with Crippen molar-refractivity contribution in [3.05, 3.63) is 22.2 Å². The molecule has 3 aliphatic rings. The Labute approximate surface area is 158 Å². The molecule has 1 aromatic carbocycles. The average Bonchev–Trinajstić information content (AvgIpc) is 2.83. The molecule has 0 aromatic heterocycles. The SMILES string of the molecule is CN1CCN2c3c(cc(Br)cc31)C1CN(C(=O)OC(C)(C)C)CCC12. The number of carbonyl (C=O) groups excluding carboxylic acids is 1. The van der Waals surface area contributed by atoms with Crippen molar-refractivity contribution in [2.75, 3.05) is 43.0 Å². The third-order valence-electron chi connectivity index (χ3n) is 5.49. The van der Waals surface area contributed by atoms with E-state index in [-0.39, 0.29) is 6.09 Å². The Bertz CT molecular complexity index is 715. The van der Waals surface area contributed by atoms with Gasteiger partial charge in [0, 0.05) is 49.7 Å². The second kappa shape index (κ2) is 5.79. The van der Waals surface area contributed by atoms with E-state index in [0.29, 0.717) is 12.0 Å². The van der Waals surface area contributed by atoms with E-state index in [0.717, 1.165) is 37.1 Å². The summed E-state index contributed by atoms with van der Waals surface area (Å²) in [5.74, 6) is 0.360. The third-order valence-corrected chi connectivity index (χ3v) is 5.94. The molecule has 0 N–H and O–H groups in total. The van der Waals surface area contributed by atoms with Gasteiger partial charge in [-0.3, -0.25) is 0 Å². The van der Waals surface area contributed by atoms with E-state index >= 15 is 0 Å². The normalized spacial score (nSPS) is 24.9. The Morgan fingerprint density at radius 2 is 2.00 bits per heavy atom. The number of amides is 1. The van der Waals surface area contributed by atoms with Crippen LogP contribution in [-0.2, 0) is 4.74 Å². The fraction of sp³-hybridized carbons (Fsp3) is 0.632. The van der Waals surface area contributed by atoms with Gasteiger partial charge in [-0.15, -0.1) is 0 Å². The van der Waals surface area contributed by atoms with E-state index in [1.54, 1.807) is 0 Å². The van der Waals surface area contributed by atoms with Crippen molar-refractivity contribution in [2.24, 2.45) is 0 Å². The van der Waals surface area contributed by atoms with Gasteiger partial charge in [-0.05, 0) is 44.9 Å². The van der Waals surface area contributed by atoms with Gasteiger partial charge in [-0.1, -0.05) is 15.9 Å². The molecule has 4 rings (SSSR count). The Hall–Kier alpha value is -1.43. The van der Waals surface area contributed by atoms with E-state index < -0.39 is 5.60 Å². The molecule has 2 unspecified atom stereocenters. The lowest BCUT2D eigenvalue weighted by Gasteiger charge is -2.41. The average molecular weight is 408 g/mol. The number of fused-ring (bicyclic) bond motifs is 3. The van der Waals surface area contributed by atoms with Crippen LogP contribution in [-0.4, -0.2) is 55.9 Å². The van der Waals surface area contributed by atoms with E-state index in [1.165, 1.54) is 16.9 Å². The van der Waals surface area contributed by atoms with Crippen LogP contribution in [0.15, 0.2) is 16.6 Å². The van der Waals surface area contributed by atoms with Crippen molar-refractivity contribution in [3.63, 3.8) is 0 Å². The highest BCUT2D eigenvalue weighted by Crippen LogP contribution is 2.51. The second-order valence-corrected chi connectivity index (χ2v) is 9.28. The monoisotopic (exact) mass is 407 g/mol. The summed E-state index contributed by atoms with van der Waals surface area (Å²) in [6.07, 6.45) is 0.812. The quantitative estimate of drug-likeness (QED) is 0.654. The molecule has 1 fully saturated rings. The van der Waals surface area contributed by atoms with Crippen molar-refractivity contribution in [1.29, 1.82) is 0 Å². The maximum absolute atomic E-state index is 12.5. The zero-order chi connectivity index (χ0) is 17.9. The number of rotatable bonds is 0. The highest BCUT2D eigenvalue weighted by atomic mass is 79.9. The topological polar surface area (TPSA) is 36.0 Å². The number of likely N-dealkylation sites (N-methyl/N-ethyl adjacent to an activating group) is 1. The lowest BCUT2D eigenvalue weighted by molar-refractivity contribution is 0.0189. The van der Waals surface area contributed by atoms with Crippen LogP contribution < -0.4 is 9.80 Å². The first-order valence-electron chi connectivity index (χ1n) is 9.04. The van der Waals surface area contributed by atoms with Gasteiger partial charge in [0.05, 0.1) is 11.4 Å². The van der Waals surface area contributed by atoms with Crippen LogP contribution in [0.4, 0.5) is 16.2 Å². The summed E-state index contributed by atoms with van der Waals surface area (Å²) < 4.78 is 6.72. The number of piperidine rings is 1. The predicted molar refractivity (Wildman–Crippen MR) is 104 cm³/mol. The third kappa shape index (κ3) is 2.88. The van der Waals surface area contributed by atoms with Gasteiger partial charge in [-0.2, -0.15) is 0 Å². The Morgan fingerprint density at radius 3 is 2.72 bits per heavy atom. The summed E-state index contributed by atoms with van der Waals surface area (Å²) >= 11 is 3.68. The number of nitrogens with zero attached hydrogens (tertiary/aromatic N) is 3. The smallest absolute Gasteiger partial charge is 0.410 e. The maximum atomic E-state index is 12.5. The summed E-state index contributed by atoms with van der Waals surface area (Å²) in [5, 5.41) is 0. The summed E-state index contributed by atoms with van der Waals surface area (Å²) in [7, 11) is 2.16. The summed E-state index contributed by atoms with van der Waals surface area (Å²) in [6, 6.07) is 4.96. The van der Waals surface area contributed by atoms with Crippen LogP contribution in [0.25, 0.3) is 0 Å². The first-order valence-corrected chi connectivity index (χ1v) is 9.83. The zero-order valence-electron chi connectivity index (χ0n) is 15.4. The molecule has 0 bridgehead atoms. The molecule has 5 nitrogen and oxygen atoms in total. The van der Waals surface area contributed by atoms with Gasteiger partial charge in [0.2, 0.25) is 0 Å². The molecule has 0 spiro atoms. The van der Waals surface area contributed by atoms with Crippen LogP contribution in [0.5, 0.6) is 0 Å². The van der Waals surface area contributed by atoms with Crippen molar-refractivity contribution in [1.82, 2.24) is 4.90 Å². The number of ether oxygens (including phenoxy) is 1. The Morgan fingerprint density at radius 1 is 1.24 bits per heavy atom. The highest BCUT2D eigenvalue weighted by Gasteiger charge is 2.46. The number of carbonyl (C=O) groups is 1. The number of hydrogen-bond acceptors (Lipinski definition) is 4. The molecule has 1 saturated heterocycles. The van der Waals surface area contributed by atoms with Crippen LogP contribution >= 0.6 is 15.9 Å². The Kier molecular flexibility index (Phi) is 3.94. The molecular formula is C19H26BrN3O2. The number of likely N-dealkylation sites (tertiary alicyclic amines) is 1. The number of benzene rings is 1. The minimum atomic E-state index is -0.449. The standard InChI is InChI=1S/C19H26BrN3O2/c1-19(2,3)25-18(24)22-6-5-15-14(11-22)13-9-12(20)10-16-17(13)23(15)8-7-21(16)4/h9-10,14-15H,5-8,11H2,1-4H3. The summed E-state index contributed by atoms with van der Waals surface area (Å²) in [5.41, 5.74) is 3.59. The first-order chi connectivity index (χ1) is 11.7. The van der Waals surface area contributed by atoms with Gasteiger partial charge in [0.15, 0.2) is 0 Å². The Balaban J connectivity index is 1.65. The van der Waals surface area contributed by atoms with Crippen molar-refractivity contribution < 1.29 is 9.53 Å². The lowest BCUT2D eigenvalue weighted by atomic mass is 9.89. The van der Waals surface area contributed by atoms with Gasteiger partial charge < -0.3 is 19.4 Å². The van der Waals surface area contributed by atoms with E-state index in [9.17, 15) is 4.79 Å².